The van der Waals surface area contributed by atoms with Crippen molar-refractivity contribution in [3.8, 4) is 0 Å². The highest BCUT2D eigenvalue weighted by atomic mass is 19.3. The van der Waals surface area contributed by atoms with Gasteiger partial charge in [0.2, 0.25) is 0 Å². The number of carbonyl (C=O) groups excluding carboxylic acids is 1. The summed E-state index contributed by atoms with van der Waals surface area (Å²) in [7, 11) is 0. The monoisotopic (exact) mass is 378 g/mol. The van der Waals surface area contributed by atoms with Crippen LogP contribution in [-0.2, 0) is 10.3 Å². The average Bonchev–Trinajstić information content (AvgIpc) is 3.44. The second-order valence-electron chi connectivity index (χ2n) is 6.46. The molecule has 1 saturated carbocycles. The molecule has 0 spiro atoms. The van der Waals surface area contributed by atoms with E-state index in [1.165, 1.54) is 12.1 Å². The van der Waals surface area contributed by atoms with Crippen molar-refractivity contribution in [3.05, 3.63) is 71.3 Å². The molecule has 2 aliphatic rings. The van der Waals surface area contributed by atoms with E-state index >= 15 is 0 Å². The summed E-state index contributed by atoms with van der Waals surface area (Å²) in [5.74, 6) is -4.01. The fourth-order valence-corrected chi connectivity index (χ4v) is 3.40. The van der Waals surface area contributed by atoms with E-state index in [4.69, 9.17) is 4.74 Å². The zero-order valence-electron chi connectivity index (χ0n) is 13.8. The first-order chi connectivity index (χ1) is 12.9. The molecule has 0 saturated heterocycles. The zero-order chi connectivity index (χ0) is 19.2. The normalized spacial score (nSPS) is 26.0. The lowest BCUT2D eigenvalue weighted by Gasteiger charge is -2.33. The number of aliphatic imine (C=N–C) groups is 1. The van der Waals surface area contributed by atoms with E-state index in [1.54, 1.807) is 18.2 Å². The summed E-state index contributed by atoms with van der Waals surface area (Å²) in [6.45, 7) is 0. The molecule has 1 N–H and O–H groups in total. The first-order valence-electron chi connectivity index (χ1n) is 8.29. The number of nitrogens with one attached hydrogen (secondary N) is 1. The van der Waals surface area contributed by atoms with Gasteiger partial charge in [0.25, 0.3) is 18.4 Å². The maximum Gasteiger partial charge on any atom is 0.293 e. The summed E-state index contributed by atoms with van der Waals surface area (Å²) in [5, 5.41) is 2.35. The van der Waals surface area contributed by atoms with Crippen molar-refractivity contribution in [2.75, 3.05) is 0 Å². The SMILES string of the molecule is O=C(NC1=N[C@@](c2cccc(F)c2F)(C(F)F)[C@H]2C[C@H]2O1)c1ccccc1. The predicted octanol–water partition coefficient (Wildman–Crippen LogP) is 3.63. The number of alkyl halides is 2. The molecule has 27 heavy (non-hydrogen) atoms. The molecule has 1 heterocycles. The minimum atomic E-state index is -3.11. The van der Waals surface area contributed by atoms with Gasteiger partial charge in [0.1, 0.15) is 6.10 Å². The molecule has 2 aromatic carbocycles. The summed E-state index contributed by atoms with van der Waals surface area (Å²) >= 11 is 0. The number of ether oxygens (including phenoxy) is 1. The van der Waals surface area contributed by atoms with E-state index in [9.17, 15) is 22.4 Å². The van der Waals surface area contributed by atoms with E-state index in [2.05, 4.69) is 10.3 Å². The van der Waals surface area contributed by atoms with Crippen LogP contribution in [0.2, 0.25) is 0 Å². The molecule has 1 aliphatic heterocycles. The van der Waals surface area contributed by atoms with Gasteiger partial charge in [-0.1, -0.05) is 30.3 Å². The third-order valence-electron chi connectivity index (χ3n) is 4.82. The van der Waals surface area contributed by atoms with Crippen molar-refractivity contribution in [1.29, 1.82) is 0 Å². The Morgan fingerprint density at radius 1 is 1.15 bits per heavy atom. The van der Waals surface area contributed by atoms with E-state index in [-0.39, 0.29) is 12.0 Å². The molecule has 0 unspecified atom stereocenters. The van der Waals surface area contributed by atoms with Crippen LogP contribution in [0.15, 0.2) is 53.5 Å². The molecule has 4 rings (SSSR count). The van der Waals surface area contributed by atoms with Gasteiger partial charge in [-0.3, -0.25) is 10.1 Å². The van der Waals surface area contributed by atoms with Gasteiger partial charge in [-0.2, -0.15) is 0 Å². The molecule has 0 aromatic heterocycles. The highest BCUT2D eigenvalue weighted by Crippen LogP contribution is 2.56. The van der Waals surface area contributed by atoms with Gasteiger partial charge in [-0.15, -0.1) is 0 Å². The first kappa shape index (κ1) is 17.5. The maximum absolute atomic E-state index is 14.3. The second kappa shape index (κ2) is 6.37. The molecule has 8 heteroatoms. The maximum atomic E-state index is 14.3. The number of fused-ring (bicyclic) bond motifs is 1. The summed E-state index contributed by atoms with van der Waals surface area (Å²) in [6.07, 6.45) is -3.56. The molecular weight excluding hydrogens is 364 g/mol. The molecular formula is C19H14F4N2O2. The summed E-state index contributed by atoms with van der Waals surface area (Å²) < 4.78 is 61.7. The number of benzene rings is 2. The zero-order valence-corrected chi connectivity index (χ0v) is 13.8. The number of amidine groups is 1. The third-order valence-corrected chi connectivity index (χ3v) is 4.82. The first-order valence-corrected chi connectivity index (χ1v) is 8.29. The minimum absolute atomic E-state index is 0.203. The van der Waals surface area contributed by atoms with Gasteiger partial charge in [0, 0.05) is 17.0 Å². The second-order valence-corrected chi connectivity index (χ2v) is 6.46. The van der Waals surface area contributed by atoms with E-state index in [0.29, 0.717) is 0 Å². The van der Waals surface area contributed by atoms with Crippen LogP contribution in [0.4, 0.5) is 17.6 Å². The van der Waals surface area contributed by atoms with Crippen LogP contribution in [0.25, 0.3) is 0 Å². The van der Waals surface area contributed by atoms with Crippen LogP contribution in [0.5, 0.6) is 0 Å². The van der Waals surface area contributed by atoms with Crippen molar-refractivity contribution in [2.45, 2.75) is 24.5 Å². The van der Waals surface area contributed by atoms with Crippen molar-refractivity contribution in [3.63, 3.8) is 0 Å². The summed E-state index contributed by atoms with van der Waals surface area (Å²) in [5.41, 5.74) is -2.57. The number of hydrogen-bond acceptors (Lipinski definition) is 3. The minimum Gasteiger partial charge on any atom is -0.461 e. The largest absolute Gasteiger partial charge is 0.461 e. The molecule has 140 valence electrons. The Balaban J connectivity index is 1.74. The van der Waals surface area contributed by atoms with E-state index < -0.39 is 53.1 Å². The van der Waals surface area contributed by atoms with Crippen LogP contribution >= 0.6 is 0 Å². The number of halogens is 4. The number of carbonyl (C=O) groups is 1. The van der Waals surface area contributed by atoms with Gasteiger partial charge in [-0.05, 0) is 24.6 Å². The summed E-state index contributed by atoms with van der Waals surface area (Å²) in [4.78, 5) is 16.2. The van der Waals surface area contributed by atoms with E-state index in [0.717, 1.165) is 18.2 Å². The molecule has 0 bridgehead atoms. The molecule has 1 fully saturated rings. The molecule has 2 aromatic rings. The fourth-order valence-electron chi connectivity index (χ4n) is 3.40. The standard InChI is InChI=1S/C19H14F4N2O2/c20-13-8-4-7-11(15(13)21)19(17(22)23)12-9-14(12)27-18(25-19)24-16(26)10-5-2-1-3-6-10/h1-8,12,14,17H,9H2,(H,24,25,26)/t12-,14+,19+/m0/s1. The summed E-state index contributed by atoms with van der Waals surface area (Å²) in [6, 6.07) is 10.7. The topological polar surface area (TPSA) is 50.7 Å². The smallest absolute Gasteiger partial charge is 0.293 e. The predicted molar refractivity (Wildman–Crippen MR) is 88.4 cm³/mol. The highest BCUT2D eigenvalue weighted by Gasteiger charge is 2.64. The molecule has 0 radical (unpaired) electrons. The van der Waals surface area contributed by atoms with Crippen LogP contribution in [0.3, 0.4) is 0 Å². The van der Waals surface area contributed by atoms with E-state index in [1.807, 2.05) is 0 Å². The van der Waals surface area contributed by atoms with Gasteiger partial charge >= 0.3 is 0 Å². The Labute approximate surface area is 151 Å². The lowest BCUT2D eigenvalue weighted by atomic mass is 9.84. The number of hydrogen-bond donors (Lipinski definition) is 1. The van der Waals surface area contributed by atoms with Gasteiger partial charge in [0.05, 0.1) is 0 Å². The van der Waals surface area contributed by atoms with Crippen molar-refractivity contribution in [2.24, 2.45) is 10.9 Å². The van der Waals surface area contributed by atoms with Crippen LogP contribution < -0.4 is 5.32 Å². The van der Waals surface area contributed by atoms with Crippen LogP contribution in [0.1, 0.15) is 22.3 Å². The lowest BCUT2D eigenvalue weighted by molar-refractivity contribution is 0.0163. The van der Waals surface area contributed by atoms with Gasteiger partial charge in [0.15, 0.2) is 17.2 Å². The fraction of sp³-hybridized carbons (Fsp3) is 0.263. The van der Waals surface area contributed by atoms with Crippen LogP contribution in [0, 0.1) is 17.6 Å². The molecule has 1 amide bonds. The molecule has 3 atom stereocenters. The Morgan fingerprint density at radius 2 is 1.89 bits per heavy atom. The number of amides is 1. The number of rotatable bonds is 3. The van der Waals surface area contributed by atoms with Gasteiger partial charge in [-0.25, -0.2) is 22.6 Å². The van der Waals surface area contributed by atoms with Crippen molar-refractivity contribution >= 4 is 11.9 Å². The third kappa shape index (κ3) is 2.85. The van der Waals surface area contributed by atoms with Crippen molar-refractivity contribution < 1.29 is 27.1 Å². The highest BCUT2D eigenvalue weighted by molar-refractivity contribution is 6.04. The average molecular weight is 378 g/mol. The number of nitrogens with zero attached hydrogens (tertiary/aromatic N) is 1. The Hall–Kier alpha value is -2.90. The Bertz CT molecular complexity index is 919. The molecule has 1 aliphatic carbocycles. The lowest BCUT2D eigenvalue weighted by Crippen LogP contribution is -2.46. The quantitative estimate of drug-likeness (QED) is 0.830. The van der Waals surface area contributed by atoms with Crippen LogP contribution in [-0.4, -0.2) is 24.5 Å². The van der Waals surface area contributed by atoms with Gasteiger partial charge < -0.3 is 4.74 Å². The van der Waals surface area contributed by atoms with Crippen molar-refractivity contribution in [1.82, 2.24) is 5.32 Å². The molecule has 4 nitrogen and oxygen atoms in total. The Kier molecular flexibility index (Phi) is 4.13. The Morgan fingerprint density at radius 3 is 2.59 bits per heavy atom.